The predicted octanol–water partition coefficient (Wildman–Crippen LogP) is 1.77. The number of likely N-dealkylation sites (N-methyl/N-ethyl adjacent to an activating group) is 1. The molecule has 3 fully saturated rings. The first-order valence-electron chi connectivity index (χ1n) is 9.16. The molecule has 0 N–H and O–H groups in total. The van der Waals surface area contributed by atoms with E-state index in [9.17, 15) is 9.59 Å². The number of amides is 2. The number of rotatable bonds is 5. The first-order valence-corrected chi connectivity index (χ1v) is 9.16. The van der Waals surface area contributed by atoms with Gasteiger partial charge in [-0.15, -0.1) is 0 Å². The van der Waals surface area contributed by atoms with Gasteiger partial charge in [0, 0.05) is 39.7 Å². The molecule has 2 amide bonds. The van der Waals surface area contributed by atoms with Crippen LogP contribution in [0.4, 0.5) is 0 Å². The summed E-state index contributed by atoms with van der Waals surface area (Å²) < 4.78 is 5.04. The van der Waals surface area contributed by atoms with E-state index < -0.39 is 0 Å². The van der Waals surface area contributed by atoms with Crippen LogP contribution < -0.4 is 0 Å². The number of carbonyl (C=O) groups is 2. The number of ether oxygens (including phenoxy) is 1. The molecule has 1 unspecified atom stereocenters. The number of piperidine rings is 1. The van der Waals surface area contributed by atoms with Crippen molar-refractivity contribution in [3.05, 3.63) is 0 Å². The van der Waals surface area contributed by atoms with E-state index in [2.05, 4.69) is 0 Å². The lowest BCUT2D eigenvalue weighted by atomic mass is 9.96. The molecule has 0 bridgehead atoms. The van der Waals surface area contributed by atoms with Crippen LogP contribution in [0.5, 0.6) is 0 Å². The zero-order chi connectivity index (χ0) is 16.4. The molecule has 3 rings (SSSR count). The minimum atomic E-state index is -0.0321. The van der Waals surface area contributed by atoms with Gasteiger partial charge in [-0.05, 0) is 37.5 Å². The molecule has 3 aliphatic rings. The van der Waals surface area contributed by atoms with Crippen LogP contribution in [0.15, 0.2) is 0 Å². The maximum atomic E-state index is 12.8. The normalized spacial score (nSPS) is 33.0. The van der Waals surface area contributed by atoms with Crippen LogP contribution in [0, 0.1) is 23.7 Å². The first kappa shape index (κ1) is 16.7. The molecule has 2 aliphatic carbocycles. The van der Waals surface area contributed by atoms with Crippen LogP contribution >= 0.6 is 0 Å². The average molecular weight is 322 g/mol. The Kier molecular flexibility index (Phi) is 5.24. The maximum Gasteiger partial charge on any atom is 0.227 e. The fourth-order valence-electron chi connectivity index (χ4n) is 4.60. The summed E-state index contributed by atoms with van der Waals surface area (Å²) in [5.41, 5.74) is 0. The van der Waals surface area contributed by atoms with Crippen LogP contribution in [0.1, 0.15) is 38.5 Å². The standard InChI is InChI=1S/C18H30N2O3/c1-19(10-11-23-2)17(21)13-6-5-9-20(12-13)18(22)16-14-7-3-4-8-15(14)16/h13-16H,3-12H2,1-2H3/t13-,14-,15+,16?/m1/s1. The summed E-state index contributed by atoms with van der Waals surface area (Å²) in [7, 11) is 3.48. The van der Waals surface area contributed by atoms with E-state index in [0.717, 1.165) is 19.4 Å². The first-order chi connectivity index (χ1) is 11.1. The summed E-state index contributed by atoms with van der Waals surface area (Å²) in [6.45, 7) is 2.63. The molecule has 23 heavy (non-hydrogen) atoms. The number of fused-ring (bicyclic) bond motifs is 1. The summed E-state index contributed by atoms with van der Waals surface area (Å²) in [6, 6.07) is 0. The Bertz CT molecular complexity index is 442. The molecule has 5 nitrogen and oxygen atoms in total. The van der Waals surface area contributed by atoms with Gasteiger partial charge in [0.25, 0.3) is 0 Å². The summed E-state index contributed by atoms with van der Waals surface area (Å²) >= 11 is 0. The largest absolute Gasteiger partial charge is 0.383 e. The monoisotopic (exact) mass is 322 g/mol. The minimum Gasteiger partial charge on any atom is -0.383 e. The van der Waals surface area contributed by atoms with E-state index in [1.807, 2.05) is 11.9 Å². The van der Waals surface area contributed by atoms with Gasteiger partial charge in [-0.1, -0.05) is 12.8 Å². The summed E-state index contributed by atoms with van der Waals surface area (Å²) in [5.74, 6) is 2.04. The molecule has 1 aliphatic heterocycles. The quantitative estimate of drug-likeness (QED) is 0.775. The van der Waals surface area contributed by atoms with Crippen molar-refractivity contribution in [2.45, 2.75) is 38.5 Å². The van der Waals surface area contributed by atoms with Gasteiger partial charge in [-0.2, -0.15) is 0 Å². The number of hydrogen-bond acceptors (Lipinski definition) is 3. The molecule has 0 aromatic carbocycles. The smallest absolute Gasteiger partial charge is 0.227 e. The lowest BCUT2D eigenvalue weighted by Crippen LogP contribution is -2.47. The molecule has 0 spiro atoms. The van der Waals surface area contributed by atoms with Gasteiger partial charge < -0.3 is 14.5 Å². The zero-order valence-electron chi connectivity index (χ0n) is 14.5. The maximum absolute atomic E-state index is 12.8. The highest BCUT2D eigenvalue weighted by molar-refractivity contribution is 5.84. The van der Waals surface area contributed by atoms with Crippen LogP contribution in [-0.4, -0.2) is 62.0 Å². The van der Waals surface area contributed by atoms with Crippen molar-refractivity contribution in [1.29, 1.82) is 0 Å². The number of methoxy groups -OCH3 is 1. The Balaban J connectivity index is 1.53. The predicted molar refractivity (Wildman–Crippen MR) is 87.8 cm³/mol. The molecule has 0 aromatic heterocycles. The van der Waals surface area contributed by atoms with Gasteiger partial charge >= 0.3 is 0 Å². The number of carbonyl (C=O) groups excluding carboxylic acids is 2. The van der Waals surface area contributed by atoms with Crippen molar-refractivity contribution < 1.29 is 14.3 Å². The lowest BCUT2D eigenvalue weighted by molar-refractivity contribution is -0.141. The summed E-state index contributed by atoms with van der Waals surface area (Å²) in [4.78, 5) is 29.1. The van der Waals surface area contributed by atoms with Gasteiger partial charge in [0.15, 0.2) is 0 Å². The number of likely N-dealkylation sites (tertiary alicyclic amines) is 1. The van der Waals surface area contributed by atoms with Crippen molar-refractivity contribution in [2.75, 3.05) is 40.4 Å². The van der Waals surface area contributed by atoms with E-state index in [4.69, 9.17) is 4.74 Å². The van der Waals surface area contributed by atoms with Crippen molar-refractivity contribution in [3.63, 3.8) is 0 Å². The average Bonchev–Trinajstić information content (AvgIpc) is 3.32. The topological polar surface area (TPSA) is 49.9 Å². The second-order valence-corrected chi connectivity index (χ2v) is 7.51. The minimum absolute atomic E-state index is 0.0321. The molecule has 0 radical (unpaired) electrons. The highest BCUT2D eigenvalue weighted by atomic mass is 16.5. The molecule has 5 heteroatoms. The van der Waals surface area contributed by atoms with Gasteiger partial charge in [0.2, 0.25) is 11.8 Å². The fourth-order valence-corrected chi connectivity index (χ4v) is 4.60. The molecule has 4 atom stereocenters. The van der Waals surface area contributed by atoms with Crippen molar-refractivity contribution in [2.24, 2.45) is 23.7 Å². The van der Waals surface area contributed by atoms with Crippen LogP contribution in [0.2, 0.25) is 0 Å². The SMILES string of the molecule is COCCN(C)C(=O)[C@@H]1CCCN(C(=O)C2[C@H]3CCCC[C@@H]23)C1. The van der Waals surface area contributed by atoms with E-state index in [1.165, 1.54) is 25.7 Å². The van der Waals surface area contributed by atoms with E-state index in [0.29, 0.717) is 37.4 Å². The van der Waals surface area contributed by atoms with Gasteiger partial charge in [0.05, 0.1) is 12.5 Å². The van der Waals surface area contributed by atoms with Crippen LogP contribution in [-0.2, 0) is 14.3 Å². The lowest BCUT2D eigenvalue weighted by Gasteiger charge is -2.34. The third-order valence-electron chi connectivity index (χ3n) is 6.03. The van der Waals surface area contributed by atoms with Gasteiger partial charge in [-0.25, -0.2) is 0 Å². The summed E-state index contributed by atoms with van der Waals surface area (Å²) in [6.07, 6.45) is 6.89. The highest BCUT2D eigenvalue weighted by Crippen LogP contribution is 2.56. The molecular weight excluding hydrogens is 292 g/mol. The van der Waals surface area contributed by atoms with Gasteiger partial charge in [-0.3, -0.25) is 9.59 Å². The van der Waals surface area contributed by atoms with Crippen LogP contribution in [0.25, 0.3) is 0 Å². The Morgan fingerprint density at radius 2 is 1.83 bits per heavy atom. The molecule has 0 aromatic rings. The van der Waals surface area contributed by atoms with E-state index in [1.54, 1.807) is 12.0 Å². The molecule has 1 heterocycles. The number of hydrogen-bond donors (Lipinski definition) is 0. The third-order valence-corrected chi connectivity index (χ3v) is 6.03. The molecule has 130 valence electrons. The van der Waals surface area contributed by atoms with Crippen LogP contribution in [0.3, 0.4) is 0 Å². The Hall–Kier alpha value is -1.10. The zero-order valence-corrected chi connectivity index (χ0v) is 14.5. The number of nitrogens with zero attached hydrogens (tertiary/aromatic N) is 2. The fraction of sp³-hybridized carbons (Fsp3) is 0.889. The van der Waals surface area contributed by atoms with Crippen molar-refractivity contribution in [3.8, 4) is 0 Å². The molecular formula is C18H30N2O3. The highest BCUT2D eigenvalue weighted by Gasteiger charge is 2.56. The second kappa shape index (κ2) is 7.20. The van der Waals surface area contributed by atoms with Gasteiger partial charge in [0.1, 0.15) is 0 Å². The Labute approximate surface area is 139 Å². The van der Waals surface area contributed by atoms with E-state index >= 15 is 0 Å². The summed E-state index contributed by atoms with van der Waals surface area (Å²) in [5, 5.41) is 0. The molecule has 1 saturated heterocycles. The Morgan fingerprint density at radius 3 is 2.48 bits per heavy atom. The van der Waals surface area contributed by atoms with Crippen molar-refractivity contribution >= 4 is 11.8 Å². The van der Waals surface area contributed by atoms with Crippen molar-refractivity contribution in [1.82, 2.24) is 9.80 Å². The van der Waals surface area contributed by atoms with E-state index in [-0.39, 0.29) is 17.7 Å². The Morgan fingerprint density at radius 1 is 1.13 bits per heavy atom. The second-order valence-electron chi connectivity index (χ2n) is 7.51. The molecule has 2 saturated carbocycles. The third kappa shape index (κ3) is 3.54.